The van der Waals surface area contributed by atoms with Crippen molar-refractivity contribution in [1.29, 1.82) is 0 Å². The molecular formula is C30H28N8O. The van der Waals surface area contributed by atoms with Crippen LogP contribution >= 0.6 is 0 Å². The van der Waals surface area contributed by atoms with Gasteiger partial charge >= 0.3 is 0 Å². The Bertz CT molecular complexity index is 1670. The van der Waals surface area contributed by atoms with E-state index in [9.17, 15) is 0 Å². The van der Waals surface area contributed by atoms with Gasteiger partial charge in [0.25, 0.3) is 0 Å². The molecule has 39 heavy (non-hydrogen) atoms. The molecule has 5 aromatic rings. The lowest BCUT2D eigenvalue weighted by Crippen LogP contribution is -2.25. The third-order valence-electron chi connectivity index (χ3n) is 7.28. The molecule has 7 rings (SSSR count). The van der Waals surface area contributed by atoms with Crippen molar-refractivity contribution in [1.82, 2.24) is 29.9 Å². The number of aromatic nitrogens is 6. The van der Waals surface area contributed by atoms with E-state index in [1.54, 1.807) is 24.8 Å². The molecule has 0 radical (unpaired) electrons. The molecule has 0 unspecified atom stereocenters. The summed E-state index contributed by atoms with van der Waals surface area (Å²) in [5.74, 6) is 1.44. The monoisotopic (exact) mass is 516 g/mol. The number of hydrogen-bond donors (Lipinski definition) is 2. The van der Waals surface area contributed by atoms with E-state index in [-0.39, 0.29) is 12.3 Å². The third-order valence-corrected chi connectivity index (χ3v) is 7.28. The Balaban J connectivity index is 1.26. The standard InChI is InChI=1S/C30H28N8O/c1-18-34-25-8-7-24(20-13-22(15-32-14-20)39-21-5-3-2-4-6-21)36-28(25)29(35-18)30-37-26-17-33-16-23(27(26)38-30)19-9-11-31-12-10-19/h7-18,21,34H,2-6H2,1H3,(H,37,38)/t18-/m1/s1. The second-order valence-electron chi connectivity index (χ2n) is 10.1. The van der Waals surface area contributed by atoms with Gasteiger partial charge in [0.05, 0.1) is 40.9 Å². The van der Waals surface area contributed by atoms with E-state index in [1.807, 2.05) is 49.6 Å². The van der Waals surface area contributed by atoms with Crippen molar-refractivity contribution < 1.29 is 4.74 Å². The molecule has 9 heteroatoms. The number of rotatable bonds is 5. The average Bonchev–Trinajstić information content (AvgIpc) is 3.42. The van der Waals surface area contributed by atoms with Crippen LogP contribution in [-0.2, 0) is 0 Å². The maximum Gasteiger partial charge on any atom is 0.159 e. The smallest absolute Gasteiger partial charge is 0.159 e. The highest BCUT2D eigenvalue weighted by Gasteiger charge is 2.25. The molecular weight excluding hydrogens is 488 g/mol. The normalized spacial score (nSPS) is 17.4. The summed E-state index contributed by atoms with van der Waals surface area (Å²) in [5.41, 5.74) is 7.66. The molecule has 194 valence electrons. The zero-order valence-corrected chi connectivity index (χ0v) is 21.6. The average molecular weight is 517 g/mol. The van der Waals surface area contributed by atoms with E-state index in [2.05, 4.69) is 25.3 Å². The van der Waals surface area contributed by atoms with Crippen LogP contribution in [0.3, 0.4) is 0 Å². The molecule has 1 atom stereocenters. The van der Waals surface area contributed by atoms with Crippen molar-refractivity contribution in [3.63, 3.8) is 0 Å². The van der Waals surface area contributed by atoms with E-state index in [1.165, 1.54) is 19.3 Å². The summed E-state index contributed by atoms with van der Waals surface area (Å²) >= 11 is 0. The molecule has 2 aliphatic rings. The summed E-state index contributed by atoms with van der Waals surface area (Å²) in [6.07, 6.45) is 16.8. The highest BCUT2D eigenvalue weighted by Crippen LogP contribution is 2.31. The van der Waals surface area contributed by atoms with Gasteiger partial charge in [-0.15, -0.1) is 0 Å². The summed E-state index contributed by atoms with van der Waals surface area (Å²) in [5, 5.41) is 3.42. The van der Waals surface area contributed by atoms with Gasteiger partial charge in [0.2, 0.25) is 0 Å². The zero-order valence-electron chi connectivity index (χ0n) is 21.6. The molecule has 1 aliphatic heterocycles. The number of aromatic amines is 1. The van der Waals surface area contributed by atoms with Gasteiger partial charge in [0, 0.05) is 35.9 Å². The van der Waals surface area contributed by atoms with Crippen molar-refractivity contribution in [2.75, 3.05) is 5.32 Å². The summed E-state index contributed by atoms with van der Waals surface area (Å²) < 4.78 is 6.26. The zero-order chi connectivity index (χ0) is 26.2. The van der Waals surface area contributed by atoms with Crippen LogP contribution in [0.15, 0.2) is 72.5 Å². The Hall–Kier alpha value is -4.66. The molecule has 0 saturated heterocycles. The van der Waals surface area contributed by atoms with Crippen molar-refractivity contribution in [3.8, 4) is 28.1 Å². The van der Waals surface area contributed by atoms with Crippen molar-refractivity contribution in [2.45, 2.75) is 51.3 Å². The molecule has 0 amide bonds. The fraction of sp³-hybridized carbons (Fsp3) is 0.267. The first-order chi connectivity index (χ1) is 19.2. The number of H-pyrrole nitrogens is 1. The number of ether oxygens (including phenoxy) is 1. The maximum atomic E-state index is 6.26. The lowest BCUT2D eigenvalue weighted by Gasteiger charge is -2.23. The molecule has 6 heterocycles. The topological polar surface area (TPSA) is 114 Å². The number of nitrogens with one attached hydrogen (secondary N) is 2. The van der Waals surface area contributed by atoms with Gasteiger partial charge in [-0.2, -0.15) is 0 Å². The predicted molar refractivity (Wildman–Crippen MR) is 151 cm³/mol. The largest absolute Gasteiger partial charge is 0.489 e. The quantitative estimate of drug-likeness (QED) is 0.304. The van der Waals surface area contributed by atoms with Crippen LogP contribution in [-0.4, -0.2) is 47.9 Å². The Morgan fingerprint density at radius 2 is 1.69 bits per heavy atom. The molecule has 9 nitrogen and oxygen atoms in total. The summed E-state index contributed by atoms with van der Waals surface area (Å²) in [7, 11) is 0. The minimum Gasteiger partial charge on any atom is -0.489 e. The van der Waals surface area contributed by atoms with Gasteiger partial charge in [-0.05, 0) is 68.5 Å². The van der Waals surface area contributed by atoms with Crippen LogP contribution in [0.5, 0.6) is 5.75 Å². The van der Waals surface area contributed by atoms with Crippen molar-refractivity contribution in [3.05, 3.63) is 79.0 Å². The first kappa shape index (κ1) is 23.5. The Morgan fingerprint density at radius 1 is 0.846 bits per heavy atom. The minimum absolute atomic E-state index is 0.125. The van der Waals surface area contributed by atoms with Gasteiger partial charge in [0.1, 0.15) is 23.3 Å². The Labute approximate surface area is 225 Å². The fourth-order valence-corrected chi connectivity index (χ4v) is 5.39. The first-order valence-electron chi connectivity index (χ1n) is 13.4. The molecule has 5 aromatic heterocycles. The number of anilines is 1. The summed E-state index contributed by atoms with van der Waals surface area (Å²) in [6, 6.07) is 9.99. The van der Waals surface area contributed by atoms with E-state index >= 15 is 0 Å². The van der Waals surface area contributed by atoms with Crippen LogP contribution in [0.4, 0.5) is 5.69 Å². The highest BCUT2D eigenvalue weighted by molar-refractivity contribution is 6.15. The minimum atomic E-state index is -0.125. The molecule has 1 saturated carbocycles. The van der Waals surface area contributed by atoms with Crippen LogP contribution in [0.25, 0.3) is 33.4 Å². The van der Waals surface area contributed by atoms with Crippen LogP contribution in [0, 0.1) is 0 Å². The number of hydrogen-bond acceptors (Lipinski definition) is 8. The van der Waals surface area contributed by atoms with E-state index in [4.69, 9.17) is 19.7 Å². The molecule has 0 aromatic carbocycles. The number of pyridine rings is 4. The Morgan fingerprint density at radius 3 is 2.56 bits per heavy atom. The third kappa shape index (κ3) is 4.60. The van der Waals surface area contributed by atoms with Crippen molar-refractivity contribution in [2.24, 2.45) is 4.99 Å². The van der Waals surface area contributed by atoms with E-state index < -0.39 is 0 Å². The van der Waals surface area contributed by atoms with Crippen LogP contribution in [0.1, 0.15) is 50.5 Å². The fourth-order valence-electron chi connectivity index (χ4n) is 5.39. The number of nitrogens with zero attached hydrogens (tertiary/aromatic N) is 6. The predicted octanol–water partition coefficient (Wildman–Crippen LogP) is 5.80. The molecule has 1 aliphatic carbocycles. The van der Waals surface area contributed by atoms with Gasteiger partial charge in [-0.25, -0.2) is 9.97 Å². The highest BCUT2D eigenvalue weighted by atomic mass is 16.5. The van der Waals surface area contributed by atoms with Gasteiger partial charge in [-0.1, -0.05) is 6.42 Å². The van der Waals surface area contributed by atoms with Gasteiger partial charge in [0.15, 0.2) is 5.82 Å². The SMILES string of the molecule is C[C@H]1N=C(c2nc3c(-c4ccncc4)cncc3[nH]2)c2nc(-c3cncc(OC4CCCCC4)c3)ccc2N1. The molecule has 1 fully saturated rings. The van der Waals surface area contributed by atoms with E-state index in [0.29, 0.717) is 11.5 Å². The first-order valence-corrected chi connectivity index (χ1v) is 13.4. The second-order valence-corrected chi connectivity index (χ2v) is 10.1. The second kappa shape index (κ2) is 9.90. The van der Waals surface area contributed by atoms with Crippen molar-refractivity contribution >= 4 is 22.4 Å². The number of imidazole rings is 1. The van der Waals surface area contributed by atoms with Crippen LogP contribution < -0.4 is 10.1 Å². The lowest BCUT2D eigenvalue weighted by molar-refractivity contribution is 0.154. The number of fused-ring (bicyclic) bond motifs is 2. The molecule has 0 spiro atoms. The Kier molecular flexibility index (Phi) is 5.96. The van der Waals surface area contributed by atoms with Crippen LogP contribution in [0.2, 0.25) is 0 Å². The van der Waals surface area contributed by atoms with Gasteiger partial charge in [-0.3, -0.25) is 19.9 Å². The summed E-state index contributed by atoms with van der Waals surface area (Å²) in [6.45, 7) is 2.01. The number of aliphatic imine (C=N–C) groups is 1. The molecule has 0 bridgehead atoms. The summed E-state index contributed by atoms with van der Waals surface area (Å²) in [4.78, 5) is 31.4. The maximum absolute atomic E-state index is 6.26. The van der Waals surface area contributed by atoms with E-state index in [0.717, 1.165) is 63.4 Å². The lowest BCUT2D eigenvalue weighted by atomic mass is 9.98. The molecule has 2 N–H and O–H groups in total. The van der Waals surface area contributed by atoms with Gasteiger partial charge < -0.3 is 15.0 Å².